The zero-order chi connectivity index (χ0) is 13.2. The van der Waals surface area contributed by atoms with E-state index in [9.17, 15) is 5.11 Å². The van der Waals surface area contributed by atoms with Crippen LogP contribution in [0.5, 0.6) is 0 Å². The van der Waals surface area contributed by atoms with Crippen molar-refractivity contribution >= 4 is 17.4 Å². The fraction of sp³-hybridized carbons (Fsp3) is 0.615. The number of likely N-dealkylation sites (tertiary alicyclic amines) is 1. The third kappa shape index (κ3) is 2.76. The van der Waals surface area contributed by atoms with Gasteiger partial charge in [-0.15, -0.1) is 0 Å². The predicted octanol–water partition coefficient (Wildman–Crippen LogP) is 2.01. The molecule has 18 heavy (non-hydrogen) atoms. The number of anilines is 1. The van der Waals surface area contributed by atoms with Crippen molar-refractivity contribution in [2.75, 3.05) is 25.4 Å². The van der Waals surface area contributed by atoms with Crippen molar-refractivity contribution < 1.29 is 5.11 Å². The van der Waals surface area contributed by atoms with E-state index in [0.29, 0.717) is 29.2 Å². The van der Waals surface area contributed by atoms with Gasteiger partial charge in [-0.25, -0.2) is 4.98 Å². The third-order valence-corrected chi connectivity index (χ3v) is 3.82. The predicted molar refractivity (Wildman–Crippen MR) is 73.5 cm³/mol. The lowest BCUT2D eigenvalue weighted by Crippen LogP contribution is -2.43. The molecular weight excluding hydrogens is 250 g/mol. The first-order chi connectivity index (χ1) is 8.55. The van der Waals surface area contributed by atoms with E-state index in [2.05, 4.69) is 16.8 Å². The second-order valence-electron chi connectivity index (χ2n) is 4.96. The van der Waals surface area contributed by atoms with Gasteiger partial charge in [0, 0.05) is 24.8 Å². The molecular formula is C13H20ClN3O. The van der Waals surface area contributed by atoms with E-state index < -0.39 is 5.60 Å². The van der Waals surface area contributed by atoms with Crippen LogP contribution in [0.4, 0.5) is 5.82 Å². The van der Waals surface area contributed by atoms with Gasteiger partial charge in [-0.3, -0.25) is 0 Å². The average Bonchev–Trinajstić information content (AvgIpc) is 2.36. The molecule has 2 heterocycles. The summed E-state index contributed by atoms with van der Waals surface area (Å²) in [5.41, 5.74) is 5.65. The minimum absolute atomic E-state index is 0.380. The molecule has 0 bridgehead atoms. The summed E-state index contributed by atoms with van der Waals surface area (Å²) in [5.74, 6) is 0.380. The number of hydrogen-bond acceptors (Lipinski definition) is 4. The molecule has 0 spiro atoms. The van der Waals surface area contributed by atoms with E-state index >= 15 is 0 Å². The number of piperidine rings is 1. The van der Waals surface area contributed by atoms with Gasteiger partial charge in [0.2, 0.25) is 0 Å². The minimum Gasteiger partial charge on any atom is -0.385 e. The van der Waals surface area contributed by atoms with Gasteiger partial charge in [-0.2, -0.15) is 0 Å². The Bertz CT molecular complexity index is 417. The van der Waals surface area contributed by atoms with Crippen LogP contribution in [0.15, 0.2) is 12.3 Å². The number of hydrogen-bond donors (Lipinski definition) is 2. The third-order valence-electron chi connectivity index (χ3n) is 3.61. The maximum absolute atomic E-state index is 10.7. The fourth-order valence-electron chi connectivity index (χ4n) is 2.55. The van der Waals surface area contributed by atoms with Gasteiger partial charge in [0.1, 0.15) is 5.82 Å². The Kier molecular flexibility index (Phi) is 4.10. The first-order valence-corrected chi connectivity index (χ1v) is 6.79. The van der Waals surface area contributed by atoms with Gasteiger partial charge >= 0.3 is 0 Å². The van der Waals surface area contributed by atoms with E-state index in [0.717, 1.165) is 26.1 Å². The number of aromatic nitrogens is 1. The summed E-state index contributed by atoms with van der Waals surface area (Å²) in [6, 6.07) is 1.74. The van der Waals surface area contributed by atoms with Crippen molar-refractivity contribution in [3.05, 3.63) is 22.8 Å². The minimum atomic E-state index is -0.883. The van der Waals surface area contributed by atoms with Crippen molar-refractivity contribution in [3.8, 4) is 0 Å². The van der Waals surface area contributed by atoms with E-state index in [-0.39, 0.29) is 0 Å². The number of nitrogens with zero attached hydrogens (tertiary/aromatic N) is 2. The van der Waals surface area contributed by atoms with Gasteiger partial charge in [0.05, 0.1) is 10.6 Å². The van der Waals surface area contributed by atoms with Crippen molar-refractivity contribution in [2.24, 2.45) is 0 Å². The standard InChI is InChI=1S/C13H20ClN3O/c1-2-5-17-6-3-13(18,4-7-17)11-8-10(14)9-16-12(11)15/h8-9,18H,2-7H2,1H3,(H2,15,16). The summed E-state index contributed by atoms with van der Waals surface area (Å²) in [4.78, 5) is 6.39. The topological polar surface area (TPSA) is 62.4 Å². The highest BCUT2D eigenvalue weighted by Crippen LogP contribution is 2.36. The van der Waals surface area contributed by atoms with Crippen LogP contribution in [-0.4, -0.2) is 34.6 Å². The van der Waals surface area contributed by atoms with Gasteiger partial charge in [0.15, 0.2) is 0 Å². The number of nitrogens with two attached hydrogens (primary N) is 1. The van der Waals surface area contributed by atoms with Gasteiger partial charge in [-0.1, -0.05) is 18.5 Å². The molecule has 1 aliphatic heterocycles. The molecule has 1 aliphatic rings. The molecule has 0 aliphatic carbocycles. The summed E-state index contributed by atoms with van der Waals surface area (Å²) >= 11 is 5.94. The van der Waals surface area contributed by atoms with Gasteiger partial charge in [0.25, 0.3) is 0 Å². The molecule has 1 saturated heterocycles. The molecule has 3 N–H and O–H groups in total. The molecule has 5 heteroatoms. The van der Waals surface area contributed by atoms with Gasteiger partial charge in [-0.05, 0) is 31.9 Å². The zero-order valence-electron chi connectivity index (χ0n) is 10.7. The van der Waals surface area contributed by atoms with Crippen molar-refractivity contribution in [1.29, 1.82) is 0 Å². The SMILES string of the molecule is CCCN1CCC(O)(c2cc(Cl)cnc2N)CC1. The van der Waals surface area contributed by atoms with Crippen LogP contribution in [0.2, 0.25) is 5.02 Å². The Morgan fingerprint density at radius 2 is 2.17 bits per heavy atom. The molecule has 2 rings (SSSR count). The van der Waals surface area contributed by atoms with Crippen molar-refractivity contribution in [2.45, 2.75) is 31.8 Å². The molecule has 0 unspecified atom stereocenters. The molecule has 0 amide bonds. The lowest BCUT2D eigenvalue weighted by molar-refractivity contribution is -0.0253. The fourth-order valence-corrected chi connectivity index (χ4v) is 2.71. The summed E-state index contributed by atoms with van der Waals surface area (Å²) in [7, 11) is 0. The summed E-state index contributed by atoms with van der Waals surface area (Å²) in [6.45, 7) is 5.02. The van der Waals surface area contributed by atoms with Crippen LogP contribution in [0.1, 0.15) is 31.7 Å². The second kappa shape index (κ2) is 5.43. The molecule has 1 aromatic heterocycles. The summed E-state index contributed by atoms with van der Waals surface area (Å²) in [5, 5.41) is 11.2. The second-order valence-corrected chi connectivity index (χ2v) is 5.40. The molecule has 0 aromatic carbocycles. The molecule has 0 radical (unpaired) electrons. The van der Waals surface area contributed by atoms with Crippen LogP contribution in [-0.2, 0) is 5.60 Å². The lowest BCUT2D eigenvalue weighted by atomic mass is 9.84. The van der Waals surface area contributed by atoms with Crippen LogP contribution < -0.4 is 5.73 Å². The van der Waals surface area contributed by atoms with Crippen LogP contribution in [0.25, 0.3) is 0 Å². The quantitative estimate of drug-likeness (QED) is 0.881. The molecule has 100 valence electrons. The Hall–Kier alpha value is -0.840. The Morgan fingerprint density at radius 3 is 2.78 bits per heavy atom. The summed E-state index contributed by atoms with van der Waals surface area (Å²) in [6.07, 6.45) is 4.01. The number of halogens is 1. The molecule has 1 fully saturated rings. The van der Waals surface area contributed by atoms with E-state index in [4.69, 9.17) is 17.3 Å². The largest absolute Gasteiger partial charge is 0.385 e. The number of aliphatic hydroxyl groups is 1. The Labute approximate surface area is 113 Å². The number of pyridine rings is 1. The highest BCUT2D eigenvalue weighted by molar-refractivity contribution is 6.30. The van der Waals surface area contributed by atoms with E-state index in [1.807, 2.05) is 0 Å². The average molecular weight is 270 g/mol. The molecule has 4 nitrogen and oxygen atoms in total. The first-order valence-electron chi connectivity index (χ1n) is 6.41. The van der Waals surface area contributed by atoms with E-state index in [1.54, 1.807) is 6.07 Å². The highest BCUT2D eigenvalue weighted by atomic mass is 35.5. The molecule has 1 aromatic rings. The first kappa shape index (κ1) is 13.6. The number of rotatable bonds is 3. The zero-order valence-corrected chi connectivity index (χ0v) is 11.5. The van der Waals surface area contributed by atoms with Crippen molar-refractivity contribution in [3.63, 3.8) is 0 Å². The van der Waals surface area contributed by atoms with E-state index in [1.165, 1.54) is 6.20 Å². The Balaban J connectivity index is 2.15. The number of nitrogen functional groups attached to an aromatic ring is 1. The lowest BCUT2D eigenvalue weighted by Gasteiger charge is -2.38. The van der Waals surface area contributed by atoms with Crippen LogP contribution in [0, 0.1) is 0 Å². The van der Waals surface area contributed by atoms with Crippen molar-refractivity contribution in [1.82, 2.24) is 9.88 Å². The molecule has 0 saturated carbocycles. The maximum Gasteiger partial charge on any atom is 0.129 e. The highest BCUT2D eigenvalue weighted by Gasteiger charge is 2.35. The Morgan fingerprint density at radius 1 is 1.50 bits per heavy atom. The summed E-state index contributed by atoms with van der Waals surface area (Å²) < 4.78 is 0. The molecule has 0 atom stereocenters. The normalized spacial score (nSPS) is 19.9. The maximum atomic E-state index is 10.7. The van der Waals surface area contributed by atoms with Crippen LogP contribution in [0.3, 0.4) is 0 Å². The van der Waals surface area contributed by atoms with Crippen LogP contribution >= 0.6 is 11.6 Å². The smallest absolute Gasteiger partial charge is 0.129 e. The monoisotopic (exact) mass is 269 g/mol. The van der Waals surface area contributed by atoms with Gasteiger partial charge < -0.3 is 15.7 Å².